The van der Waals surface area contributed by atoms with Crippen LogP contribution >= 0.6 is 23.2 Å². The Bertz CT molecular complexity index is 738. The summed E-state index contributed by atoms with van der Waals surface area (Å²) in [6.07, 6.45) is 0. The summed E-state index contributed by atoms with van der Waals surface area (Å²) in [5.41, 5.74) is 0.934. The van der Waals surface area contributed by atoms with Gasteiger partial charge in [0.15, 0.2) is 5.69 Å². The highest BCUT2D eigenvalue weighted by molar-refractivity contribution is 6.33. The van der Waals surface area contributed by atoms with Crippen LogP contribution in [0.5, 0.6) is 11.6 Å². The van der Waals surface area contributed by atoms with Gasteiger partial charge in [0, 0.05) is 30.2 Å². The Labute approximate surface area is 151 Å². The lowest BCUT2D eigenvalue weighted by atomic mass is 10.2. The number of pyridine rings is 1. The van der Waals surface area contributed by atoms with Crippen molar-refractivity contribution in [2.75, 3.05) is 20.8 Å². The van der Waals surface area contributed by atoms with Gasteiger partial charge < -0.3 is 14.4 Å². The average molecular weight is 369 g/mol. The molecule has 2 rings (SSSR count). The number of aromatic nitrogens is 1. The number of benzene rings is 1. The molecule has 1 amide bonds. The lowest BCUT2D eigenvalue weighted by Gasteiger charge is -2.19. The molecule has 7 heteroatoms. The molecular formula is C17H18Cl2N2O3. The predicted octanol–water partition coefficient (Wildman–Crippen LogP) is 4.07. The highest BCUT2D eigenvalue weighted by atomic mass is 35.5. The minimum Gasteiger partial charge on any atom is -0.496 e. The van der Waals surface area contributed by atoms with Gasteiger partial charge in [0.25, 0.3) is 5.91 Å². The second kappa shape index (κ2) is 8.22. The number of nitrogens with zero attached hydrogens (tertiary/aromatic N) is 2. The summed E-state index contributed by atoms with van der Waals surface area (Å²) in [6, 6.07) is 8.48. The van der Waals surface area contributed by atoms with E-state index in [9.17, 15) is 4.79 Å². The zero-order chi connectivity index (χ0) is 17.7. The number of methoxy groups -OCH3 is 1. The Hall–Kier alpha value is -1.98. The number of halogens is 2. The summed E-state index contributed by atoms with van der Waals surface area (Å²) >= 11 is 12.1. The van der Waals surface area contributed by atoms with Crippen LogP contribution in [0.2, 0.25) is 10.0 Å². The molecule has 5 nitrogen and oxygen atoms in total. The van der Waals surface area contributed by atoms with E-state index in [1.807, 2.05) is 6.92 Å². The number of carbonyl (C=O) groups is 1. The molecule has 0 aliphatic rings. The van der Waals surface area contributed by atoms with Crippen LogP contribution in [0.3, 0.4) is 0 Å². The van der Waals surface area contributed by atoms with E-state index in [2.05, 4.69) is 4.98 Å². The van der Waals surface area contributed by atoms with Crippen LogP contribution in [0.4, 0.5) is 0 Å². The molecule has 0 aliphatic carbocycles. The van der Waals surface area contributed by atoms with E-state index >= 15 is 0 Å². The molecule has 0 spiro atoms. The Kier molecular flexibility index (Phi) is 6.29. The molecular weight excluding hydrogens is 351 g/mol. The van der Waals surface area contributed by atoms with Gasteiger partial charge in [-0.25, -0.2) is 4.98 Å². The van der Waals surface area contributed by atoms with Gasteiger partial charge in [-0.2, -0.15) is 0 Å². The van der Waals surface area contributed by atoms with Gasteiger partial charge in [-0.3, -0.25) is 4.79 Å². The molecule has 0 saturated carbocycles. The number of hydrogen-bond acceptors (Lipinski definition) is 4. The van der Waals surface area contributed by atoms with E-state index in [-0.39, 0.29) is 16.6 Å². The molecule has 128 valence electrons. The Morgan fingerprint density at radius 3 is 2.67 bits per heavy atom. The third kappa shape index (κ3) is 4.30. The molecule has 0 fully saturated rings. The van der Waals surface area contributed by atoms with E-state index in [1.165, 1.54) is 4.90 Å². The Morgan fingerprint density at radius 1 is 1.25 bits per heavy atom. The SMILES string of the molecule is CCOc1ccc(Cl)c(C(=O)N(C)Cc2cc(Cl)ccc2OC)n1. The van der Waals surface area contributed by atoms with Crippen molar-refractivity contribution in [3.05, 3.63) is 51.6 Å². The lowest BCUT2D eigenvalue weighted by molar-refractivity contribution is 0.0777. The van der Waals surface area contributed by atoms with Crippen LogP contribution in [-0.2, 0) is 6.54 Å². The summed E-state index contributed by atoms with van der Waals surface area (Å²) in [4.78, 5) is 18.3. The molecule has 2 aromatic rings. The van der Waals surface area contributed by atoms with Crippen molar-refractivity contribution >= 4 is 29.1 Å². The maximum atomic E-state index is 12.7. The Balaban J connectivity index is 2.24. The van der Waals surface area contributed by atoms with Gasteiger partial charge in [0.1, 0.15) is 5.75 Å². The first-order valence-electron chi connectivity index (χ1n) is 7.33. The van der Waals surface area contributed by atoms with Gasteiger partial charge in [0.2, 0.25) is 5.88 Å². The molecule has 0 atom stereocenters. The van der Waals surface area contributed by atoms with Crippen LogP contribution in [-0.4, -0.2) is 36.6 Å². The molecule has 24 heavy (non-hydrogen) atoms. The first-order valence-corrected chi connectivity index (χ1v) is 8.09. The highest BCUT2D eigenvalue weighted by Gasteiger charge is 2.19. The smallest absolute Gasteiger partial charge is 0.274 e. The van der Waals surface area contributed by atoms with Crippen molar-refractivity contribution in [1.29, 1.82) is 0 Å². The number of hydrogen-bond donors (Lipinski definition) is 0. The highest BCUT2D eigenvalue weighted by Crippen LogP contribution is 2.25. The average Bonchev–Trinajstić information content (AvgIpc) is 2.56. The Morgan fingerprint density at radius 2 is 2.00 bits per heavy atom. The maximum Gasteiger partial charge on any atom is 0.274 e. The number of rotatable bonds is 6. The van der Waals surface area contributed by atoms with E-state index in [1.54, 1.807) is 44.5 Å². The summed E-state index contributed by atoms with van der Waals surface area (Å²) < 4.78 is 10.6. The molecule has 1 aromatic carbocycles. The molecule has 0 saturated heterocycles. The monoisotopic (exact) mass is 368 g/mol. The topological polar surface area (TPSA) is 51.7 Å². The standard InChI is InChI=1S/C17H18Cl2N2O3/c1-4-24-15-8-6-13(19)16(20-15)17(22)21(2)10-11-9-12(18)5-7-14(11)23-3/h5-9H,4,10H2,1-3H3. The van der Waals surface area contributed by atoms with Crippen molar-refractivity contribution in [1.82, 2.24) is 9.88 Å². The summed E-state index contributed by atoms with van der Waals surface area (Å²) in [7, 11) is 3.23. The second-order valence-electron chi connectivity index (χ2n) is 5.03. The van der Waals surface area contributed by atoms with Crippen LogP contribution in [0.15, 0.2) is 30.3 Å². The van der Waals surface area contributed by atoms with E-state index in [0.29, 0.717) is 29.8 Å². The van der Waals surface area contributed by atoms with Crippen molar-refractivity contribution in [2.45, 2.75) is 13.5 Å². The minimum atomic E-state index is -0.316. The van der Waals surface area contributed by atoms with Crippen LogP contribution in [0.25, 0.3) is 0 Å². The fourth-order valence-electron chi connectivity index (χ4n) is 2.18. The van der Waals surface area contributed by atoms with Gasteiger partial charge in [-0.1, -0.05) is 23.2 Å². The first-order chi connectivity index (χ1) is 11.5. The van der Waals surface area contributed by atoms with Crippen LogP contribution in [0, 0.1) is 0 Å². The maximum absolute atomic E-state index is 12.7. The summed E-state index contributed by atoms with van der Waals surface area (Å²) in [5.74, 6) is 0.698. The molecule has 0 unspecified atom stereocenters. The van der Waals surface area contributed by atoms with Gasteiger partial charge in [-0.15, -0.1) is 0 Å². The summed E-state index contributed by atoms with van der Waals surface area (Å²) in [6.45, 7) is 2.60. The second-order valence-corrected chi connectivity index (χ2v) is 5.87. The largest absolute Gasteiger partial charge is 0.496 e. The summed E-state index contributed by atoms with van der Waals surface area (Å²) in [5, 5.41) is 0.842. The lowest BCUT2D eigenvalue weighted by Crippen LogP contribution is -2.27. The fourth-order valence-corrected chi connectivity index (χ4v) is 2.56. The molecule has 1 aromatic heterocycles. The zero-order valence-electron chi connectivity index (χ0n) is 13.7. The van der Waals surface area contributed by atoms with Crippen molar-refractivity contribution < 1.29 is 14.3 Å². The van der Waals surface area contributed by atoms with Crippen molar-refractivity contribution in [3.63, 3.8) is 0 Å². The third-order valence-electron chi connectivity index (χ3n) is 3.31. The number of carbonyl (C=O) groups excluding carboxylic acids is 1. The van der Waals surface area contributed by atoms with E-state index in [0.717, 1.165) is 5.56 Å². The predicted molar refractivity (Wildman–Crippen MR) is 94.2 cm³/mol. The van der Waals surface area contributed by atoms with Crippen molar-refractivity contribution in [3.8, 4) is 11.6 Å². The molecule has 0 radical (unpaired) electrons. The van der Waals surface area contributed by atoms with E-state index in [4.69, 9.17) is 32.7 Å². The minimum absolute atomic E-state index is 0.145. The normalized spacial score (nSPS) is 10.4. The van der Waals surface area contributed by atoms with E-state index < -0.39 is 0 Å². The number of ether oxygens (including phenoxy) is 2. The molecule has 1 heterocycles. The van der Waals surface area contributed by atoms with Crippen LogP contribution in [0.1, 0.15) is 23.0 Å². The van der Waals surface area contributed by atoms with Crippen molar-refractivity contribution in [2.24, 2.45) is 0 Å². The third-order valence-corrected chi connectivity index (χ3v) is 3.85. The quantitative estimate of drug-likeness (QED) is 0.770. The zero-order valence-corrected chi connectivity index (χ0v) is 15.2. The fraction of sp³-hybridized carbons (Fsp3) is 0.294. The van der Waals surface area contributed by atoms with Gasteiger partial charge in [-0.05, 0) is 31.2 Å². The molecule has 0 N–H and O–H groups in total. The first kappa shape index (κ1) is 18.4. The van der Waals surface area contributed by atoms with Gasteiger partial charge in [0.05, 0.1) is 18.7 Å². The molecule has 0 bridgehead atoms. The number of amides is 1. The van der Waals surface area contributed by atoms with Crippen LogP contribution < -0.4 is 9.47 Å². The molecule has 0 aliphatic heterocycles. The van der Waals surface area contributed by atoms with Gasteiger partial charge >= 0.3 is 0 Å².